The van der Waals surface area contributed by atoms with Crippen molar-refractivity contribution in [2.45, 2.75) is 25.0 Å². The zero-order valence-electron chi connectivity index (χ0n) is 21.7. The lowest BCUT2D eigenvalue weighted by Crippen LogP contribution is -2.53. The van der Waals surface area contributed by atoms with Gasteiger partial charge in [-0.15, -0.1) is 0 Å². The first-order chi connectivity index (χ1) is 18.6. The Bertz CT molecular complexity index is 1320. The van der Waals surface area contributed by atoms with Crippen LogP contribution in [-0.4, -0.2) is 84.0 Å². The quantitative estimate of drug-likeness (QED) is 0.446. The Morgan fingerprint density at radius 1 is 1.05 bits per heavy atom. The smallest absolute Gasteiger partial charge is 0.293 e. The molecule has 5 rings (SSSR count). The van der Waals surface area contributed by atoms with Crippen molar-refractivity contribution < 1.29 is 14.6 Å². The Morgan fingerprint density at radius 2 is 1.71 bits per heavy atom. The molecule has 38 heavy (non-hydrogen) atoms. The Labute approximate surface area is 223 Å². The highest BCUT2D eigenvalue weighted by Gasteiger charge is 2.29. The maximum atomic E-state index is 11.9. The summed E-state index contributed by atoms with van der Waals surface area (Å²) in [6.45, 7) is 7.04. The standard InChI is InChI=1S/C30H34N4O4/c1-37-27-19-34(20-27)18-26(16-28-29(35)30(36)32-21-31-28)25-10-8-23(9-11-25)3-2-22-4-6-24(7-5-22)17-33-12-14-38-15-13-33/h4-11,21,26-27,35H,12-20H2,1H3,(H,31,32,36). The first kappa shape index (κ1) is 26.1. The van der Waals surface area contributed by atoms with Crippen LogP contribution in [0.4, 0.5) is 0 Å². The number of ether oxygens (including phenoxy) is 2. The van der Waals surface area contributed by atoms with Crippen molar-refractivity contribution in [1.82, 2.24) is 19.8 Å². The molecule has 3 aromatic rings. The molecule has 2 aromatic carbocycles. The molecule has 0 saturated carbocycles. The lowest BCUT2D eigenvalue weighted by atomic mass is 9.91. The summed E-state index contributed by atoms with van der Waals surface area (Å²) in [6, 6.07) is 16.7. The second-order valence-electron chi connectivity index (χ2n) is 9.96. The Morgan fingerprint density at radius 3 is 2.37 bits per heavy atom. The van der Waals surface area contributed by atoms with Gasteiger partial charge in [0.05, 0.1) is 31.3 Å². The Kier molecular flexibility index (Phi) is 8.51. The number of hydrogen-bond acceptors (Lipinski definition) is 7. The van der Waals surface area contributed by atoms with Crippen molar-refractivity contribution in [3.63, 3.8) is 0 Å². The molecule has 1 atom stereocenters. The fourth-order valence-corrected chi connectivity index (χ4v) is 4.93. The van der Waals surface area contributed by atoms with Crippen LogP contribution in [0, 0.1) is 11.8 Å². The van der Waals surface area contributed by atoms with E-state index in [1.807, 2.05) is 12.1 Å². The third-order valence-corrected chi connectivity index (χ3v) is 7.28. The van der Waals surface area contributed by atoms with E-state index >= 15 is 0 Å². The number of likely N-dealkylation sites (tertiary alicyclic amines) is 1. The predicted molar refractivity (Wildman–Crippen MR) is 145 cm³/mol. The highest BCUT2D eigenvalue weighted by molar-refractivity contribution is 5.44. The van der Waals surface area contributed by atoms with Gasteiger partial charge in [-0.1, -0.05) is 36.1 Å². The van der Waals surface area contributed by atoms with Crippen LogP contribution in [0.5, 0.6) is 5.75 Å². The number of rotatable bonds is 8. The SMILES string of the molecule is COC1CN(CC(Cc2nc[nH]c(=O)c2O)c2ccc(C#Cc3ccc(CN4CCOCC4)cc3)cc2)C1. The van der Waals surface area contributed by atoms with Crippen LogP contribution >= 0.6 is 0 Å². The largest absolute Gasteiger partial charge is 0.502 e. The van der Waals surface area contributed by atoms with Crippen molar-refractivity contribution in [2.75, 3.05) is 53.0 Å². The minimum absolute atomic E-state index is 0.0639. The van der Waals surface area contributed by atoms with Gasteiger partial charge >= 0.3 is 0 Å². The minimum Gasteiger partial charge on any atom is -0.502 e. The van der Waals surface area contributed by atoms with Gasteiger partial charge in [0.2, 0.25) is 5.75 Å². The molecule has 2 aliphatic rings. The van der Waals surface area contributed by atoms with Crippen LogP contribution < -0.4 is 5.56 Å². The van der Waals surface area contributed by atoms with E-state index in [9.17, 15) is 9.90 Å². The molecule has 198 valence electrons. The number of nitrogens with zero attached hydrogens (tertiary/aromatic N) is 3. The average Bonchev–Trinajstić information content (AvgIpc) is 2.92. The fraction of sp³-hybridized carbons (Fsp3) is 0.400. The van der Waals surface area contributed by atoms with Crippen LogP contribution in [0.3, 0.4) is 0 Å². The first-order valence-corrected chi connectivity index (χ1v) is 13.1. The summed E-state index contributed by atoms with van der Waals surface area (Å²) in [5.41, 5.74) is 4.21. The number of methoxy groups -OCH3 is 1. The van der Waals surface area contributed by atoms with Crippen LogP contribution in [0.15, 0.2) is 59.7 Å². The van der Waals surface area contributed by atoms with Crippen molar-refractivity contribution in [2.24, 2.45) is 0 Å². The van der Waals surface area contributed by atoms with E-state index in [0.29, 0.717) is 12.1 Å². The molecule has 0 amide bonds. The topological polar surface area (TPSA) is 90.9 Å². The van der Waals surface area contributed by atoms with Gasteiger partial charge in [0.1, 0.15) is 0 Å². The van der Waals surface area contributed by atoms with E-state index < -0.39 is 5.56 Å². The molecular weight excluding hydrogens is 480 g/mol. The fourth-order valence-electron chi connectivity index (χ4n) is 4.93. The summed E-state index contributed by atoms with van der Waals surface area (Å²) in [7, 11) is 1.73. The number of aromatic amines is 1. The lowest BCUT2D eigenvalue weighted by Gasteiger charge is -2.40. The number of nitrogens with one attached hydrogen (secondary N) is 1. The number of H-pyrrole nitrogens is 1. The summed E-state index contributed by atoms with van der Waals surface area (Å²) in [4.78, 5) is 23.2. The zero-order valence-corrected chi connectivity index (χ0v) is 21.7. The normalized spacial score (nSPS) is 17.4. The molecule has 2 aliphatic heterocycles. The van der Waals surface area contributed by atoms with Gasteiger partial charge in [0, 0.05) is 69.8 Å². The number of aromatic nitrogens is 2. The Hall–Kier alpha value is -3.48. The van der Waals surface area contributed by atoms with Crippen LogP contribution in [-0.2, 0) is 22.4 Å². The summed E-state index contributed by atoms with van der Waals surface area (Å²) in [5, 5.41) is 10.2. The summed E-state index contributed by atoms with van der Waals surface area (Å²) < 4.78 is 10.8. The van der Waals surface area contributed by atoms with E-state index in [0.717, 1.165) is 69.2 Å². The third kappa shape index (κ3) is 6.69. The summed E-state index contributed by atoms with van der Waals surface area (Å²) in [5.74, 6) is 6.29. The first-order valence-electron chi connectivity index (χ1n) is 13.1. The molecule has 0 bridgehead atoms. The number of aromatic hydroxyl groups is 1. The average molecular weight is 515 g/mol. The summed E-state index contributed by atoms with van der Waals surface area (Å²) >= 11 is 0. The predicted octanol–water partition coefficient (Wildman–Crippen LogP) is 2.36. The maximum absolute atomic E-state index is 11.9. The van der Waals surface area contributed by atoms with Gasteiger partial charge in [0.15, 0.2) is 0 Å². The molecule has 0 radical (unpaired) electrons. The molecule has 2 N–H and O–H groups in total. The molecule has 8 heteroatoms. The lowest BCUT2D eigenvalue weighted by molar-refractivity contribution is -0.0317. The zero-order chi connectivity index (χ0) is 26.3. The maximum Gasteiger partial charge on any atom is 0.293 e. The second-order valence-corrected chi connectivity index (χ2v) is 9.96. The molecule has 1 aromatic heterocycles. The van der Waals surface area contributed by atoms with Gasteiger partial charge in [0.25, 0.3) is 5.56 Å². The highest BCUT2D eigenvalue weighted by atomic mass is 16.5. The molecule has 3 heterocycles. The van der Waals surface area contributed by atoms with Gasteiger partial charge < -0.3 is 19.6 Å². The molecule has 2 fully saturated rings. The minimum atomic E-state index is -0.517. The molecule has 0 spiro atoms. The monoisotopic (exact) mass is 514 g/mol. The van der Waals surface area contributed by atoms with Gasteiger partial charge in [-0.3, -0.25) is 14.6 Å². The van der Waals surface area contributed by atoms with E-state index in [4.69, 9.17) is 9.47 Å². The molecule has 1 unspecified atom stereocenters. The second kappa shape index (κ2) is 12.4. The van der Waals surface area contributed by atoms with Gasteiger partial charge in [-0.2, -0.15) is 0 Å². The number of morpholine rings is 1. The van der Waals surface area contributed by atoms with Crippen LogP contribution in [0.2, 0.25) is 0 Å². The summed E-state index contributed by atoms with van der Waals surface area (Å²) in [6.07, 6.45) is 2.06. The van der Waals surface area contributed by atoms with E-state index in [2.05, 4.69) is 68.0 Å². The van der Waals surface area contributed by atoms with Crippen molar-refractivity contribution in [3.8, 4) is 17.6 Å². The number of benzene rings is 2. The van der Waals surface area contributed by atoms with Crippen LogP contribution in [0.1, 0.15) is 33.9 Å². The van der Waals surface area contributed by atoms with Gasteiger partial charge in [-0.25, -0.2) is 4.98 Å². The van der Waals surface area contributed by atoms with E-state index in [1.54, 1.807) is 7.11 Å². The van der Waals surface area contributed by atoms with Crippen molar-refractivity contribution >= 4 is 0 Å². The molecule has 8 nitrogen and oxygen atoms in total. The third-order valence-electron chi connectivity index (χ3n) is 7.28. The molecular formula is C30H34N4O4. The molecule has 0 aliphatic carbocycles. The highest BCUT2D eigenvalue weighted by Crippen LogP contribution is 2.26. The van der Waals surface area contributed by atoms with E-state index in [1.165, 1.54) is 11.9 Å². The number of hydrogen-bond donors (Lipinski definition) is 2. The van der Waals surface area contributed by atoms with Crippen LogP contribution in [0.25, 0.3) is 0 Å². The Balaban J connectivity index is 1.25. The molecule has 2 saturated heterocycles. The van der Waals surface area contributed by atoms with Crippen molar-refractivity contribution in [1.29, 1.82) is 0 Å². The van der Waals surface area contributed by atoms with Crippen molar-refractivity contribution in [3.05, 3.63) is 93.2 Å². The van der Waals surface area contributed by atoms with E-state index in [-0.39, 0.29) is 17.8 Å². The van der Waals surface area contributed by atoms with Gasteiger partial charge in [-0.05, 0) is 35.4 Å².